The summed E-state index contributed by atoms with van der Waals surface area (Å²) in [5, 5.41) is 42.4. The van der Waals surface area contributed by atoms with E-state index in [4.69, 9.17) is 0 Å². The summed E-state index contributed by atoms with van der Waals surface area (Å²) in [5.74, 6) is -0.00324. The molecule has 0 heterocycles. The minimum absolute atomic E-state index is 0.00162. The van der Waals surface area contributed by atoms with Crippen LogP contribution in [0.25, 0.3) is 0 Å². The van der Waals surface area contributed by atoms with Crippen molar-refractivity contribution in [2.24, 2.45) is 10.8 Å². The first-order valence-electron chi connectivity index (χ1n) is 20.2. The van der Waals surface area contributed by atoms with Gasteiger partial charge in [0.25, 0.3) is 0 Å². The Kier molecular flexibility index (Phi) is 14.3. The Bertz CT molecular complexity index is 1540. The van der Waals surface area contributed by atoms with E-state index < -0.39 is 0 Å². The second-order valence-corrected chi connectivity index (χ2v) is 15.7. The van der Waals surface area contributed by atoms with Gasteiger partial charge in [-0.15, -0.1) is 0 Å². The number of hydrogen-bond acceptors (Lipinski definition) is 4. The number of hydrogen-bond donors (Lipinski definition) is 4. The normalized spacial score (nSPS) is 25.5. The summed E-state index contributed by atoms with van der Waals surface area (Å²) < 4.78 is 0. The van der Waals surface area contributed by atoms with Gasteiger partial charge >= 0.3 is 0 Å². The minimum atomic E-state index is -0.386. The zero-order valence-electron chi connectivity index (χ0n) is 32.2. The second-order valence-electron chi connectivity index (χ2n) is 15.7. The highest BCUT2D eigenvalue weighted by molar-refractivity contribution is 5.44. The SMILES string of the molecule is CCCC[C@]1(CC)CCc2cc(CO)ccc2[C@@H](c2ccccc2)[C@H]1O.CCCC[C@]1(CC)CCc2cc(CO)ccc2[C@H](c2ccccc2)[C@@H]1O. The zero-order valence-corrected chi connectivity index (χ0v) is 32.2. The summed E-state index contributed by atoms with van der Waals surface area (Å²) in [5.41, 5.74) is 9.24. The lowest BCUT2D eigenvalue weighted by Crippen LogP contribution is -2.38. The molecule has 52 heavy (non-hydrogen) atoms. The standard InChI is InChI=1S/2C24H32O2/c2*1-3-5-14-24(4-2)15-13-20-16-18(17-25)11-12-21(20)22(23(24)26)19-9-7-6-8-10-19/h2*6-12,16,22-23,25-26H,3-5,13-15,17H2,1-2H3/t22-,23-,24+;22-,23-,24-/m01/s1. The summed E-state index contributed by atoms with van der Waals surface area (Å²) in [7, 11) is 0. The first-order valence-corrected chi connectivity index (χ1v) is 20.2. The molecule has 0 aliphatic heterocycles. The van der Waals surface area contributed by atoms with Crippen LogP contribution in [0.3, 0.4) is 0 Å². The molecule has 280 valence electrons. The molecule has 0 unspecified atom stereocenters. The van der Waals surface area contributed by atoms with Gasteiger partial charge in [0.2, 0.25) is 0 Å². The Labute approximate surface area is 314 Å². The molecule has 2 aliphatic carbocycles. The molecule has 0 aromatic heterocycles. The maximum absolute atomic E-state index is 11.7. The predicted molar refractivity (Wildman–Crippen MR) is 214 cm³/mol. The third-order valence-corrected chi connectivity index (χ3v) is 12.9. The Balaban J connectivity index is 0.000000201. The Morgan fingerprint density at radius 3 is 1.25 bits per heavy atom. The lowest BCUT2D eigenvalue weighted by atomic mass is 9.67. The summed E-state index contributed by atoms with van der Waals surface area (Å²) in [6.45, 7) is 9.06. The molecule has 0 amide bonds. The van der Waals surface area contributed by atoms with Crippen LogP contribution in [-0.2, 0) is 26.1 Å². The van der Waals surface area contributed by atoms with Gasteiger partial charge in [0.1, 0.15) is 0 Å². The second kappa shape index (κ2) is 18.7. The van der Waals surface area contributed by atoms with Crippen molar-refractivity contribution in [2.45, 2.75) is 142 Å². The van der Waals surface area contributed by atoms with Gasteiger partial charge in [-0.25, -0.2) is 0 Å². The molecule has 6 atom stereocenters. The van der Waals surface area contributed by atoms with Crippen LogP contribution in [0.15, 0.2) is 97.1 Å². The van der Waals surface area contributed by atoms with Crippen molar-refractivity contribution in [1.29, 1.82) is 0 Å². The van der Waals surface area contributed by atoms with Crippen molar-refractivity contribution in [2.75, 3.05) is 0 Å². The van der Waals surface area contributed by atoms with Crippen LogP contribution < -0.4 is 0 Å². The third kappa shape index (κ3) is 8.57. The number of benzene rings is 4. The molecule has 4 aromatic rings. The zero-order chi connectivity index (χ0) is 37.1. The smallest absolute Gasteiger partial charge is 0.0705 e. The van der Waals surface area contributed by atoms with E-state index in [1.165, 1.54) is 33.4 Å². The quantitative estimate of drug-likeness (QED) is 0.111. The van der Waals surface area contributed by atoms with E-state index in [2.05, 4.69) is 100 Å². The number of aryl methyl sites for hydroxylation is 2. The van der Waals surface area contributed by atoms with Gasteiger partial charge in [-0.2, -0.15) is 0 Å². The van der Waals surface area contributed by atoms with Crippen LogP contribution in [0.5, 0.6) is 0 Å². The molecular weight excluding hydrogens is 641 g/mol. The fourth-order valence-corrected chi connectivity index (χ4v) is 9.44. The van der Waals surface area contributed by atoms with E-state index in [-0.39, 0.29) is 48.1 Å². The summed E-state index contributed by atoms with van der Waals surface area (Å²) in [6.07, 6.45) is 12.0. The highest BCUT2D eigenvalue weighted by Gasteiger charge is 2.45. The van der Waals surface area contributed by atoms with E-state index in [1.54, 1.807) is 0 Å². The van der Waals surface area contributed by atoms with Gasteiger partial charge in [-0.1, -0.05) is 150 Å². The van der Waals surface area contributed by atoms with E-state index in [1.807, 2.05) is 24.3 Å². The molecule has 0 saturated heterocycles. The van der Waals surface area contributed by atoms with Crippen molar-refractivity contribution < 1.29 is 20.4 Å². The first-order chi connectivity index (χ1) is 25.3. The van der Waals surface area contributed by atoms with Gasteiger partial charge in [0, 0.05) is 11.8 Å². The van der Waals surface area contributed by atoms with E-state index in [0.29, 0.717) is 0 Å². The maximum atomic E-state index is 11.7. The van der Waals surface area contributed by atoms with Crippen LogP contribution in [0, 0.1) is 10.8 Å². The predicted octanol–water partition coefficient (Wildman–Crippen LogP) is 10.4. The molecule has 2 aliphatic rings. The first kappa shape index (κ1) is 39.9. The molecule has 0 radical (unpaired) electrons. The highest BCUT2D eigenvalue weighted by atomic mass is 16.3. The van der Waals surface area contributed by atoms with Gasteiger partial charge < -0.3 is 20.4 Å². The molecule has 4 aromatic carbocycles. The van der Waals surface area contributed by atoms with Crippen LogP contribution in [-0.4, -0.2) is 32.6 Å². The lowest BCUT2D eigenvalue weighted by Gasteiger charge is -2.40. The van der Waals surface area contributed by atoms with Crippen LogP contribution >= 0.6 is 0 Å². The minimum Gasteiger partial charge on any atom is -0.392 e. The monoisotopic (exact) mass is 704 g/mol. The van der Waals surface area contributed by atoms with Gasteiger partial charge in [-0.3, -0.25) is 0 Å². The van der Waals surface area contributed by atoms with Crippen LogP contribution in [0.1, 0.15) is 148 Å². The van der Waals surface area contributed by atoms with Gasteiger partial charge in [0.05, 0.1) is 25.4 Å². The van der Waals surface area contributed by atoms with Crippen molar-refractivity contribution in [3.8, 4) is 0 Å². The summed E-state index contributed by atoms with van der Waals surface area (Å²) in [6, 6.07) is 33.5. The fraction of sp³-hybridized carbons (Fsp3) is 0.500. The molecule has 4 nitrogen and oxygen atoms in total. The Morgan fingerprint density at radius 1 is 0.538 bits per heavy atom. The van der Waals surface area contributed by atoms with Crippen molar-refractivity contribution in [1.82, 2.24) is 0 Å². The molecule has 4 heteroatoms. The maximum Gasteiger partial charge on any atom is 0.0705 e. The largest absolute Gasteiger partial charge is 0.392 e. The number of aliphatic hydroxyl groups is 4. The topological polar surface area (TPSA) is 80.9 Å². The number of aliphatic hydroxyl groups excluding tert-OH is 4. The summed E-state index contributed by atoms with van der Waals surface area (Å²) >= 11 is 0. The van der Waals surface area contributed by atoms with Gasteiger partial charge in [0.15, 0.2) is 0 Å². The number of rotatable bonds is 12. The van der Waals surface area contributed by atoms with E-state index in [9.17, 15) is 20.4 Å². The third-order valence-electron chi connectivity index (χ3n) is 12.9. The van der Waals surface area contributed by atoms with Crippen LogP contribution in [0.2, 0.25) is 0 Å². The van der Waals surface area contributed by atoms with Crippen molar-refractivity contribution >= 4 is 0 Å². The van der Waals surface area contributed by atoms with Gasteiger partial charge in [-0.05, 0) is 107 Å². The molecule has 0 spiro atoms. The Morgan fingerprint density at radius 2 is 0.923 bits per heavy atom. The molecule has 4 N–H and O–H groups in total. The highest BCUT2D eigenvalue weighted by Crippen LogP contribution is 2.50. The Hall–Kier alpha value is -3.28. The van der Waals surface area contributed by atoms with E-state index >= 15 is 0 Å². The molecule has 0 fully saturated rings. The molecule has 0 saturated carbocycles. The molecular formula is C48H64O4. The fourth-order valence-electron chi connectivity index (χ4n) is 9.44. The average Bonchev–Trinajstić information content (AvgIpc) is 3.40. The average molecular weight is 705 g/mol. The lowest BCUT2D eigenvalue weighted by molar-refractivity contribution is -0.00163. The van der Waals surface area contributed by atoms with E-state index in [0.717, 1.165) is 88.2 Å². The number of fused-ring (bicyclic) bond motifs is 2. The van der Waals surface area contributed by atoms with Crippen molar-refractivity contribution in [3.05, 3.63) is 142 Å². The van der Waals surface area contributed by atoms with Crippen molar-refractivity contribution in [3.63, 3.8) is 0 Å². The van der Waals surface area contributed by atoms with Crippen LogP contribution in [0.4, 0.5) is 0 Å². The molecule has 6 rings (SSSR count). The number of unbranched alkanes of at least 4 members (excludes halogenated alkanes) is 2. The molecule has 0 bridgehead atoms. The summed E-state index contributed by atoms with van der Waals surface area (Å²) in [4.78, 5) is 0.